The summed E-state index contributed by atoms with van der Waals surface area (Å²) in [5, 5.41) is 3.40. The van der Waals surface area contributed by atoms with Crippen LogP contribution in [0.25, 0.3) is 22.6 Å². The molecule has 0 aliphatic carbocycles. The number of oxazole rings is 1. The second-order valence-electron chi connectivity index (χ2n) is 5.64. The van der Waals surface area contributed by atoms with Crippen LogP contribution in [-0.4, -0.2) is 17.1 Å². The predicted molar refractivity (Wildman–Crippen MR) is 97.6 cm³/mol. The van der Waals surface area contributed by atoms with Gasteiger partial charge in [0, 0.05) is 24.6 Å². The van der Waals surface area contributed by atoms with Crippen LogP contribution in [0.1, 0.15) is 5.56 Å². The van der Waals surface area contributed by atoms with Crippen molar-refractivity contribution in [3.63, 3.8) is 0 Å². The first-order valence-electron chi connectivity index (χ1n) is 7.99. The highest BCUT2D eigenvalue weighted by atomic mass is 16.5. The van der Waals surface area contributed by atoms with E-state index in [2.05, 4.69) is 15.3 Å². The third-order valence-electron chi connectivity index (χ3n) is 3.95. The molecule has 0 spiro atoms. The number of aromatic nitrogens is 2. The van der Waals surface area contributed by atoms with Gasteiger partial charge in [0.15, 0.2) is 5.58 Å². The van der Waals surface area contributed by atoms with Crippen molar-refractivity contribution in [2.24, 2.45) is 0 Å². The van der Waals surface area contributed by atoms with E-state index >= 15 is 0 Å². The molecule has 0 atom stereocenters. The van der Waals surface area contributed by atoms with Crippen molar-refractivity contribution in [2.45, 2.75) is 6.54 Å². The molecule has 0 radical (unpaired) electrons. The molecular formula is C20H17N3O2. The van der Waals surface area contributed by atoms with Crippen molar-refractivity contribution < 1.29 is 9.15 Å². The molecule has 4 rings (SSSR count). The highest BCUT2D eigenvalue weighted by molar-refractivity contribution is 5.79. The summed E-state index contributed by atoms with van der Waals surface area (Å²) in [5.41, 5.74) is 4.62. The Morgan fingerprint density at radius 2 is 1.96 bits per heavy atom. The number of fused-ring (bicyclic) bond motifs is 1. The van der Waals surface area contributed by atoms with Gasteiger partial charge in [0.1, 0.15) is 11.3 Å². The van der Waals surface area contributed by atoms with Gasteiger partial charge in [-0.3, -0.25) is 4.98 Å². The summed E-state index contributed by atoms with van der Waals surface area (Å²) in [5.74, 6) is 1.44. The van der Waals surface area contributed by atoms with Crippen molar-refractivity contribution in [2.75, 3.05) is 12.4 Å². The zero-order chi connectivity index (χ0) is 17.1. The van der Waals surface area contributed by atoms with E-state index in [1.807, 2.05) is 54.6 Å². The molecule has 0 saturated carbocycles. The monoisotopic (exact) mass is 331 g/mol. The van der Waals surface area contributed by atoms with E-state index in [1.165, 1.54) is 5.56 Å². The highest BCUT2D eigenvalue weighted by Crippen LogP contribution is 2.26. The lowest BCUT2D eigenvalue weighted by Gasteiger charge is -2.07. The number of nitrogens with zero attached hydrogens (tertiary/aromatic N) is 2. The van der Waals surface area contributed by atoms with Crippen molar-refractivity contribution in [1.82, 2.24) is 9.97 Å². The lowest BCUT2D eigenvalue weighted by molar-refractivity contribution is 0.414. The van der Waals surface area contributed by atoms with Gasteiger partial charge in [-0.25, -0.2) is 4.98 Å². The van der Waals surface area contributed by atoms with Crippen molar-refractivity contribution in [3.05, 3.63) is 72.6 Å². The number of rotatable bonds is 5. The smallest absolute Gasteiger partial charge is 0.228 e. The van der Waals surface area contributed by atoms with Gasteiger partial charge < -0.3 is 14.5 Å². The van der Waals surface area contributed by atoms with Gasteiger partial charge >= 0.3 is 0 Å². The molecule has 2 aromatic heterocycles. The van der Waals surface area contributed by atoms with E-state index in [4.69, 9.17) is 9.15 Å². The van der Waals surface area contributed by atoms with E-state index in [9.17, 15) is 0 Å². The molecule has 0 aliphatic rings. The van der Waals surface area contributed by atoms with E-state index in [0.29, 0.717) is 5.89 Å². The van der Waals surface area contributed by atoms with Crippen LogP contribution in [0.15, 0.2) is 71.4 Å². The van der Waals surface area contributed by atoms with Crippen LogP contribution < -0.4 is 10.1 Å². The summed E-state index contributed by atoms with van der Waals surface area (Å²) in [6, 6.07) is 17.7. The molecule has 0 unspecified atom stereocenters. The van der Waals surface area contributed by atoms with Gasteiger partial charge in [0.25, 0.3) is 0 Å². The molecule has 1 N–H and O–H groups in total. The minimum absolute atomic E-state index is 0.579. The van der Waals surface area contributed by atoms with Crippen molar-refractivity contribution >= 4 is 16.8 Å². The number of anilines is 1. The largest absolute Gasteiger partial charge is 0.497 e. The molecule has 0 saturated heterocycles. The molecule has 5 nitrogen and oxygen atoms in total. The first kappa shape index (κ1) is 15.2. The van der Waals surface area contributed by atoms with Crippen molar-refractivity contribution in [1.29, 1.82) is 0 Å². The molecule has 2 aromatic carbocycles. The fourth-order valence-corrected chi connectivity index (χ4v) is 2.60. The number of benzene rings is 2. The zero-order valence-electron chi connectivity index (χ0n) is 13.8. The number of pyridine rings is 1. The van der Waals surface area contributed by atoms with Gasteiger partial charge in [-0.2, -0.15) is 0 Å². The van der Waals surface area contributed by atoms with Crippen LogP contribution in [-0.2, 0) is 6.54 Å². The van der Waals surface area contributed by atoms with Gasteiger partial charge in [-0.05, 0) is 48.0 Å². The topological polar surface area (TPSA) is 60.2 Å². The van der Waals surface area contributed by atoms with Crippen LogP contribution in [0.3, 0.4) is 0 Å². The van der Waals surface area contributed by atoms with E-state index in [0.717, 1.165) is 34.6 Å². The molecule has 5 heteroatoms. The Labute approximate surface area is 145 Å². The van der Waals surface area contributed by atoms with Crippen LogP contribution in [0.4, 0.5) is 5.69 Å². The number of ether oxygens (including phenoxy) is 1. The average Bonchev–Trinajstić information content (AvgIpc) is 3.11. The zero-order valence-corrected chi connectivity index (χ0v) is 13.8. The first-order valence-corrected chi connectivity index (χ1v) is 7.99. The molecule has 124 valence electrons. The quantitative estimate of drug-likeness (QED) is 0.583. The number of hydrogen-bond acceptors (Lipinski definition) is 5. The number of methoxy groups -OCH3 is 1. The van der Waals surface area contributed by atoms with Crippen molar-refractivity contribution in [3.8, 4) is 17.2 Å². The van der Waals surface area contributed by atoms with Crippen LogP contribution >= 0.6 is 0 Å². The van der Waals surface area contributed by atoms with Crippen LogP contribution in [0.2, 0.25) is 0 Å². The summed E-state index contributed by atoms with van der Waals surface area (Å²) in [7, 11) is 1.67. The van der Waals surface area contributed by atoms with Crippen LogP contribution in [0, 0.1) is 0 Å². The van der Waals surface area contributed by atoms with Gasteiger partial charge in [0.2, 0.25) is 5.89 Å². The van der Waals surface area contributed by atoms with E-state index in [-0.39, 0.29) is 0 Å². The fourth-order valence-electron chi connectivity index (χ4n) is 2.60. The van der Waals surface area contributed by atoms with Gasteiger partial charge in [-0.1, -0.05) is 12.1 Å². The Hall–Kier alpha value is -3.34. The summed E-state index contributed by atoms with van der Waals surface area (Å²) in [6.07, 6.45) is 3.47. The molecule has 25 heavy (non-hydrogen) atoms. The molecule has 0 aliphatic heterocycles. The standard InChI is InChI=1S/C20H17N3O2/c1-24-17-7-4-14(5-8-17)12-22-16-6-9-19-18(11-16)23-20(25-19)15-3-2-10-21-13-15/h2-11,13,22H,12H2,1H3. The molecule has 4 aromatic rings. The van der Waals surface area contributed by atoms with Gasteiger partial charge in [-0.15, -0.1) is 0 Å². The molecule has 0 fully saturated rings. The minimum Gasteiger partial charge on any atom is -0.497 e. The maximum absolute atomic E-state index is 5.80. The maximum Gasteiger partial charge on any atom is 0.228 e. The normalized spacial score (nSPS) is 10.8. The predicted octanol–water partition coefficient (Wildman–Crippen LogP) is 4.51. The Morgan fingerprint density at radius 3 is 2.72 bits per heavy atom. The molecule has 0 amide bonds. The summed E-state index contributed by atoms with van der Waals surface area (Å²) in [6.45, 7) is 0.725. The molecular weight excluding hydrogens is 314 g/mol. The Morgan fingerprint density at radius 1 is 1.08 bits per heavy atom. The fraction of sp³-hybridized carbons (Fsp3) is 0.100. The lowest BCUT2D eigenvalue weighted by atomic mass is 10.2. The maximum atomic E-state index is 5.80. The molecule has 0 bridgehead atoms. The number of hydrogen-bond donors (Lipinski definition) is 1. The second-order valence-corrected chi connectivity index (χ2v) is 5.64. The SMILES string of the molecule is COc1ccc(CNc2ccc3oc(-c4cccnc4)nc3c2)cc1. The summed E-state index contributed by atoms with van der Waals surface area (Å²) >= 11 is 0. The highest BCUT2D eigenvalue weighted by Gasteiger charge is 2.08. The van der Waals surface area contributed by atoms with E-state index < -0.39 is 0 Å². The Balaban J connectivity index is 1.52. The molecule has 2 heterocycles. The average molecular weight is 331 g/mol. The third kappa shape index (κ3) is 3.30. The summed E-state index contributed by atoms with van der Waals surface area (Å²) in [4.78, 5) is 8.66. The third-order valence-corrected chi connectivity index (χ3v) is 3.95. The second kappa shape index (κ2) is 6.65. The summed E-state index contributed by atoms with van der Waals surface area (Å²) < 4.78 is 11.0. The van der Waals surface area contributed by atoms with E-state index in [1.54, 1.807) is 19.5 Å². The first-order chi connectivity index (χ1) is 12.3. The Bertz CT molecular complexity index is 979. The number of nitrogens with one attached hydrogen (secondary N) is 1. The minimum atomic E-state index is 0.579. The van der Waals surface area contributed by atoms with Gasteiger partial charge in [0.05, 0.1) is 12.7 Å². The lowest BCUT2D eigenvalue weighted by Crippen LogP contribution is -1.99. The van der Waals surface area contributed by atoms with Crippen LogP contribution in [0.5, 0.6) is 5.75 Å². The Kier molecular flexibility index (Phi) is 4.04.